The number of carbonyl (C=O) groups excluding carboxylic acids is 1. The third-order valence-electron chi connectivity index (χ3n) is 2.77. The third kappa shape index (κ3) is 1.97. The van der Waals surface area contributed by atoms with Gasteiger partial charge < -0.3 is 15.8 Å². The van der Waals surface area contributed by atoms with Gasteiger partial charge in [-0.2, -0.15) is 0 Å². The first-order chi connectivity index (χ1) is 6.57. The lowest BCUT2D eigenvalue weighted by atomic mass is 10.1. The number of amides is 1. The molecule has 5 heteroatoms. The van der Waals surface area contributed by atoms with Crippen molar-refractivity contribution in [1.29, 1.82) is 0 Å². The minimum atomic E-state index is -0.527. The van der Waals surface area contributed by atoms with Crippen LogP contribution in [0.4, 0.5) is 0 Å². The van der Waals surface area contributed by atoms with Gasteiger partial charge >= 0.3 is 0 Å². The molecular weight excluding hydrogens is 182 g/mol. The molecule has 3 N–H and O–H groups in total. The molecule has 5 nitrogen and oxygen atoms in total. The topological polar surface area (TPSA) is 78.9 Å². The summed E-state index contributed by atoms with van der Waals surface area (Å²) in [6, 6.07) is 0.274. The lowest BCUT2D eigenvalue weighted by molar-refractivity contribution is -0.133. The second-order valence-corrected chi connectivity index (χ2v) is 3.77. The number of hydrogen-bond acceptors (Lipinski definition) is 3. The van der Waals surface area contributed by atoms with Crippen LogP contribution < -0.4 is 5.73 Å². The predicted molar refractivity (Wildman–Crippen MR) is 53.0 cm³/mol. The second kappa shape index (κ2) is 4.30. The van der Waals surface area contributed by atoms with Gasteiger partial charge in [-0.1, -0.05) is 5.16 Å². The van der Waals surface area contributed by atoms with Crippen LogP contribution in [0.25, 0.3) is 0 Å². The van der Waals surface area contributed by atoms with Crippen LogP contribution in [-0.4, -0.2) is 34.4 Å². The highest BCUT2D eigenvalue weighted by molar-refractivity contribution is 6.01. The van der Waals surface area contributed by atoms with Gasteiger partial charge in [0.15, 0.2) is 5.84 Å². The lowest BCUT2D eigenvalue weighted by Crippen LogP contribution is -2.42. The van der Waals surface area contributed by atoms with Crippen molar-refractivity contribution in [2.24, 2.45) is 16.8 Å². The molecule has 1 aliphatic rings. The summed E-state index contributed by atoms with van der Waals surface area (Å²) in [6.07, 6.45) is 2.07. The molecule has 0 spiro atoms. The maximum atomic E-state index is 11.8. The third-order valence-corrected chi connectivity index (χ3v) is 2.77. The molecule has 0 aromatic rings. The quantitative estimate of drug-likeness (QED) is 0.292. The number of nitrogens with two attached hydrogens (primary N) is 1. The highest BCUT2D eigenvalue weighted by Crippen LogP contribution is 2.18. The molecule has 1 aliphatic heterocycles. The second-order valence-electron chi connectivity index (χ2n) is 3.77. The van der Waals surface area contributed by atoms with Crippen molar-refractivity contribution in [2.75, 3.05) is 6.54 Å². The summed E-state index contributed by atoms with van der Waals surface area (Å²) in [5.74, 6) is -0.597. The minimum Gasteiger partial charge on any atom is -0.409 e. The average Bonchev–Trinajstić information content (AvgIpc) is 2.61. The zero-order valence-corrected chi connectivity index (χ0v) is 8.60. The fourth-order valence-corrected chi connectivity index (χ4v) is 1.72. The number of likely N-dealkylation sites (tertiary alicyclic amines) is 1. The maximum Gasteiger partial charge on any atom is 0.233 e. The molecule has 1 rings (SSSR count). The summed E-state index contributed by atoms with van der Waals surface area (Å²) in [6.45, 7) is 4.45. The van der Waals surface area contributed by atoms with Gasteiger partial charge in [-0.05, 0) is 26.7 Å². The van der Waals surface area contributed by atoms with Gasteiger partial charge in [-0.3, -0.25) is 4.79 Å². The Balaban J connectivity index is 2.65. The first-order valence-corrected chi connectivity index (χ1v) is 4.85. The van der Waals surface area contributed by atoms with Gasteiger partial charge in [0.1, 0.15) is 0 Å². The van der Waals surface area contributed by atoms with Crippen LogP contribution in [0.3, 0.4) is 0 Å². The van der Waals surface area contributed by atoms with Crippen LogP contribution in [0, 0.1) is 5.92 Å². The Kier molecular flexibility index (Phi) is 3.33. The van der Waals surface area contributed by atoms with Gasteiger partial charge in [-0.15, -0.1) is 0 Å². The van der Waals surface area contributed by atoms with Crippen molar-refractivity contribution in [3.63, 3.8) is 0 Å². The largest absolute Gasteiger partial charge is 0.409 e. The van der Waals surface area contributed by atoms with E-state index in [0.29, 0.717) is 0 Å². The number of oxime groups is 1. The monoisotopic (exact) mass is 199 g/mol. The summed E-state index contributed by atoms with van der Waals surface area (Å²) in [7, 11) is 0. The van der Waals surface area contributed by atoms with E-state index in [1.54, 1.807) is 11.8 Å². The van der Waals surface area contributed by atoms with E-state index in [2.05, 4.69) is 5.16 Å². The van der Waals surface area contributed by atoms with Crippen LogP contribution in [0.5, 0.6) is 0 Å². The first-order valence-electron chi connectivity index (χ1n) is 4.85. The van der Waals surface area contributed by atoms with E-state index < -0.39 is 5.92 Å². The SMILES string of the molecule is CC(C(=O)N1CCCC1C)/C(N)=N/O. The summed E-state index contributed by atoms with van der Waals surface area (Å²) < 4.78 is 0. The van der Waals surface area contributed by atoms with Crippen LogP contribution in [0.15, 0.2) is 5.16 Å². The van der Waals surface area contributed by atoms with Crippen molar-refractivity contribution in [2.45, 2.75) is 32.7 Å². The van der Waals surface area contributed by atoms with E-state index in [4.69, 9.17) is 10.9 Å². The van der Waals surface area contributed by atoms with E-state index >= 15 is 0 Å². The van der Waals surface area contributed by atoms with Crippen LogP contribution >= 0.6 is 0 Å². The first kappa shape index (κ1) is 10.8. The Morgan fingerprint density at radius 1 is 1.71 bits per heavy atom. The molecule has 1 heterocycles. The molecule has 0 aromatic carbocycles. The fraction of sp³-hybridized carbons (Fsp3) is 0.778. The molecule has 1 amide bonds. The average molecular weight is 199 g/mol. The molecule has 80 valence electrons. The van der Waals surface area contributed by atoms with Crippen molar-refractivity contribution >= 4 is 11.7 Å². The van der Waals surface area contributed by atoms with E-state index in [1.807, 2.05) is 6.92 Å². The van der Waals surface area contributed by atoms with Gasteiger partial charge in [0, 0.05) is 12.6 Å². The molecular formula is C9H17N3O2. The molecule has 1 fully saturated rings. The van der Waals surface area contributed by atoms with Crippen molar-refractivity contribution in [3.05, 3.63) is 0 Å². The molecule has 0 aliphatic carbocycles. The summed E-state index contributed by atoms with van der Waals surface area (Å²) in [5.41, 5.74) is 5.38. The number of carbonyl (C=O) groups is 1. The van der Waals surface area contributed by atoms with Crippen LogP contribution in [0.2, 0.25) is 0 Å². The van der Waals surface area contributed by atoms with Gasteiger partial charge in [-0.25, -0.2) is 0 Å². The van der Waals surface area contributed by atoms with E-state index in [-0.39, 0.29) is 17.8 Å². The van der Waals surface area contributed by atoms with Gasteiger partial charge in [0.05, 0.1) is 5.92 Å². The normalized spacial score (nSPS) is 25.1. The Hall–Kier alpha value is -1.26. The number of amidine groups is 1. The molecule has 1 saturated heterocycles. The lowest BCUT2D eigenvalue weighted by Gasteiger charge is -2.24. The Morgan fingerprint density at radius 3 is 2.79 bits per heavy atom. The summed E-state index contributed by atoms with van der Waals surface area (Å²) in [4.78, 5) is 13.6. The van der Waals surface area contributed by atoms with Crippen molar-refractivity contribution in [1.82, 2.24) is 4.90 Å². The number of rotatable bonds is 2. The zero-order valence-electron chi connectivity index (χ0n) is 8.60. The van der Waals surface area contributed by atoms with E-state index in [9.17, 15) is 4.79 Å². The summed E-state index contributed by atoms with van der Waals surface area (Å²) in [5, 5.41) is 11.3. The molecule has 0 saturated carbocycles. The van der Waals surface area contributed by atoms with Crippen LogP contribution in [0.1, 0.15) is 26.7 Å². The zero-order chi connectivity index (χ0) is 10.7. The fourth-order valence-electron chi connectivity index (χ4n) is 1.72. The highest BCUT2D eigenvalue weighted by atomic mass is 16.4. The maximum absolute atomic E-state index is 11.8. The Bertz CT molecular complexity index is 252. The smallest absolute Gasteiger partial charge is 0.233 e. The minimum absolute atomic E-state index is 0.0194. The Morgan fingerprint density at radius 2 is 2.36 bits per heavy atom. The standard InChI is InChI=1S/C9H17N3O2/c1-6-4-3-5-12(6)9(13)7(2)8(10)11-14/h6-7,14H,3-5H2,1-2H3,(H2,10,11). The molecule has 2 unspecified atom stereocenters. The van der Waals surface area contributed by atoms with Crippen LogP contribution in [-0.2, 0) is 4.79 Å². The molecule has 14 heavy (non-hydrogen) atoms. The Labute approximate surface area is 83.6 Å². The number of hydrogen-bond donors (Lipinski definition) is 2. The summed E-state index contributed by atoms with van der Waals surface area (Å²) >= 11 is 0. The van der Waals surface area contributed by atoms with E-state index in [0.717, 1.165) is 19.4 Å². The highest BCUT2D eigenvalue weighted by Gasteiger charge is 2.30. The molecule has 0 radical (unpaired) electrons. The predicted octanol–water partition coefficient (Wildman–Crippen LogP) is 0.380. The van der Waals surface area contributed by atoms with E-state index in [1.165, 1.54) is 0 Å². The van der Waals surface area contributed by atoms with Crippen molar-refractivity contribution < 1.29 is 10.0 Å². The van der Waals surface area contributed by atoms with Gasteiger partial charge in [0.25, 0.3) is 0 Å². The molecule has 0 bridgehead atoms. The van der Waals surface area contributed by atoms with Crippen molar-refractivity contribution in [3.8, 4) is 0 Å². The molecule has 0 aromatic heterocycles. The molecule has 2 atom stereocenters. The van der Waals surface area contributed by atoms with Gasteiger partial charge in [0.2, 0.25) is 5.91 Å². The number of nitrogens with zero attached hydrogens (tertiary/aromatic N) is 2.